The van der Waals surface area contributed by atoms with Gasteiger partial charge < -0.3 is 14.6 Å². The average Bonchev–Trinajstić information content (AvgIpc) is 2.91. The van der Waals surface area contributed by atoms with Crippen molar-refractivity contribution in [1.82, 2.24) is 9.55 Å². The standard InChI is InChI=1S/C16H14N2O3/c1-2-21-15-6-4-3-5-14(15)18-10-17-12-9-11(16(19)20)7-8-13(12)18/h3-10H,2H2,1H3,(H,19,20)/p-1. The van der Waals surface area contributed by atoms with E-state index in [9.17, 15) is 9.90 Å². The summed E-state index contributed by atoms with van der Waals surface area (Å²) in [5, 5.41) is 10.9. The van der Waals surface area contributed by atoms with Gasteiger partial charge in [-0.05, 0) is 36.8 Å². The molecule has 0 aliphatic carbocycles. The number of carbonyl (C=O) groups excluding carboxylic acids is 1. The number of aromatic carboxylic acids is 1. The van der Waals surface area contributed by atoms with E-state index in [2.05, 4.69) is 4.98 Å². The van der Waals surface area contributed by atoms with Crippen LogP contribution in [0.5, 0.6) is 5.75 Å². The van der Waals surface area contributed by atoms with E-state index in [0.717, 1.165) is 17.0 Å². The molecule has 0 fully saturated rings. The van der Waals surface area contributed by atoms with Gasteiger partial charge in [-0.25, -0.2) is 4.98 Å². The summed E-state index contributed by atoms with van der Waals surface area (Å²) < 4.78 is 7.49. The van der Waals surface area contributed by atoms with Crippen LogP contribution in [0.4, 0.5) is 0 Å². The summed E-state index contributed by atoms with van der Waals surface area (Å²) in [5.74, 6) is -0.454. The van der Waals surface area contributed by atoms with Crippen LogP contribution in [0, 0.1) is 0 Å². The lowest BCUT2D eigenvalue weighted by atomic mass is 10.2. The molecule has 0 aliphatic heterocycles. The molecule has 0 atom stereocenters. The lowest BCUT2D eigenvalue weighted by Crippen LogP contribution is -2.21. The van der Waals surface area contributed by atoms with Crippen molar-refractivity contribution in [2.24, 2.45) is 0 Å². The van der Waals surface area contributed by atoms with Gasteiger partial charge in [-0.1, -0.05) is 18.2 Å². The Balaban J connectivity index is 2.15. The van der Waals surface area contributed by atoms with Crippen LogP contribution in [0.1, 0.15) is 17.3 Å². The Morgan fingerprint density at radius 3 is 2.86 bits per heavy atom. The summed E-state index contributed by atoms with van der Waals surface area (Å²) in [4.78, 5) is 15.2. The highest BCUT2D eigenvalue weighted by atomic mass is 16.5. The zero-order valence-electron chi connectivity index (χ0n) is 11.4. The van der Waals surface area contributed by atoms with E-state index in [0.29, 0.717) is 12.1 Å². The molecule has 0 amide bonds. The summed E-state index contributed by atoms with van der Waals surface area (Å²) in [6, 6.07) is 12.4. The third-order valence-corrected chi connectivity index (χ3v) is 3.21. The number of hydrogen-bond acceptors (Lipinski definition) is 4. The van der Waals surface area contributed by atoms with Gasteiger partial charge in [0.2, 0.25) is 0 Å². The van der Waals surface area contributed by atoms with Crippen molar-refractivity contribution >= 4 is 17.0 Å². The fourth-order valence-corrected chi connectivity index (χ4v) is 2.27. The predicted octanol–water partition coefficient (Wildman–Crippen LogP) is 1.79. The van der Waals surface area contributed by atoms with Gasteiger partial charge in [0.25, 0.3) is 0 Å². The second kappa shape index (κ2) is 5.28. The number of para-hydroxylation sites is 2. The second-order valence-electron chi connectivity index (χ2n) is 4.51. The van der Waals surface area contributed by atoms with Crippen LogP contribution >= 0.6 is 0 Å². The first-order valence-corrected chi connectivity index (χ1v) is 6.61. The molecule has 106 valence electrons. The van der Waals surface area contributed by atoms with Gasteiger partial charge in [0.05, 0.1) is 29.3 Å². The Morgan fingerprint density at radius 2 is 2.10 bits per heavy atom. The van der Waals surface area contributed by atoms with Gasteiger partial charge in [-0.2, -0.15) is 0 Å². The van der Waals surface area contributed by atoms with Crippen LogP contribution in [0.3, 0.4) is 0 Å². The van der Waals surface area contributed by atoms with Crippen molar-refractivity contribution in [1.29, 1.82) is 0 Å². The van der Waals surface area contributed by atoms with Gasteiger partial charge in [0.1, 0.15) is 12.1 Å². The molecular weight excluding hydrogens is 268 g/mol. The normalized spacial score (nSPS) is 10.7. The van der Waals surface area contributed by atoms with Crippen molar-refractivity contribution in [3.63, 3.8) is 0 Å². The summed E-state index contributed by atoms with van der Waals surface area (Å²) in [5.41, 5.74) is 2.39. The zero-order valence-corrected chi connectivity index (χ0v) is 11.4. The highest BCUT2D eigenvalue weighted by molar-refractivity contribution is 5.91. The Morgan fingerprint density at radius 1 is 1.29 bits per heavy atom. The number of hydrogen-bond donors (Lipinski definition) is 0. The van der Waals surface area contributed by atoms with Crippen molar-refractivity contribution in [3.8, 4) is 11.4 Å². The summed E-state index contributed by atoms with van der Waals surface area (Å²) in [6.45, 7) is 2.49. The molecule has 0 aliphatic rings. The number of ether oxygens (including phenoxy) is 1. The molecule has 3 rings (SSSR count). The molecule has 5 heteroatoms. The van der Waals surface area contributed by atoms with E-state index in [1.807, 2.05) is 35.8 Å². The van der Waals surface area contributed by atoms with Crippen molar-refractivity contribution in [2.75, 3.05) is 6.61 Å². The summed E-state index contributed by atoms with van der Waals surface area (Å²) >= 11 is 0. The number of nitrogens with zero attached hydrogens (tertiary/aromatic N) is 2. The van der Waals surface area contributed by atoms with Crippen LogP contribution < -0.4 is 9.84 Å². The molecule has 0 bridgehead atoms. The van der Waals surface area contributed by atoms with Crippen molar-refractivity contribution < 1.29 is 14.6 Å². The van der Waals surface area contributed by atoms with E-state index >= 15 is 0 Å². The Bertz CT molecular complexity index is 808. The predicted molar refractivity (Wildman–Crippen MR) is 76.6 cm³/mol. The minimum absolute atomic E-state index is 0.117. The maximum Gasteiger partial charge on any atom is 0.143 e. The molecule has 5 nitrogen and oxygen atoms in total. The van der Waals surface area contributed by atoms with Gasteiger partial charge in [0.15, 0.2) is 0 Å². The molecule has 1 heterocycles. The fourth-order valence-electron chi connectivity index (χ4n) is 2.27. The molecule has 0 saturated heterocycles. The highest BCUT2D eigenvalue weighted by Crippen LogP contribution is 2.26. The van der Waals surface area contributed by atoms with Crippen LogP contribution in [0.2, 0.25) is 0 Å². The molecule has 0 N–H and O–H groups in total. The number of carboxylic acid groups (broad SMARTS) is 1. The molecule has 0 spiro atoms. The second-order valence-corrected chi connectivity index (χ2v) is 4.51. The number of imidazole rings is 1. The smallest absolute Gasteiger partial charge is 0.143 e. The minimum Gasteiger partial charge on any atom is -0.545 e. The topological polar surface area (TPSA) is 67.2 Å². The minimum atomic E-state index is -1.21. The maximum absolute atomic E-state index is 10.9. The fraction of sp³-hybridized carbons (Fsp3) is 0.125. The molecule has 3 aromatic rings. The van der Waals surface area contributed by atoms with Gasteiger partial charge in [-0.3, -0.25) is 4.57 Å². The zero-order chi connectivity index (χ0) is 14.8. The van der Waals surface area contributed by atoms with Crippen LogP contribution in [-0.2, 0) is 0 Å². The average molecular weight is 281 g/mol. The number of rotatable bonds is 4. The van der Waals surface area contributed by atoms with E-state index in [1.54, 1.807) is 12.4 Å². The lowest BCUT2D eigenvalue weighted by molar-refractivity contribution is -0.255. The molecule has 1 aromatic heterocycles. The number of carbonyl (C=O) groups is 1. The molecular formula is C16H13N2O3-. The molecule has 0 radical (unpaired) electrons. The number of fused-ring (bicyclic) bond motifs is 1. The summed E-state index contributed by atoms with van der Waals surface area (Å²) in [7, 11) is 0. The van der Waals surface area contributed by atoms with Crippen LogP contribution in [0.25, 0.3) is 16.7 Å². The maximum atomic E-state index is 10.9. The number of aromatic nitrogens is 2. The first-order chi connectivity index (χ1) is 10.2. The van der Waals surface area contributed by atoms with Crippen LogP contribution in [0.15, 0.2) is 48.8 Å². The number of carboxylic acids is 1. The lowest BCUT2D eigenvalue weighted by Gasteiger charge is -2.11. The first-order valence-electron chi connectivity index (χ1n) is 6.61. The van der Waals surface area contributed by atoms with Crippen molar-refractivity contribution in [3.05, 3.63) is 54.4 Å². The van der Waals surface area contributed by atoms with Crippen LogP contribution in [-0.4, -0.2) is 22.1 Å². The Hall–Kier alpha value is -2.82. The van der Waals surface area contributed by atoms with Gasteiger partial charge in [-0.15, -0.1) is 0 Å². The van der Waals surface area contributed by atoms with Gasteiger partial charge in [0, 0.05) is 0 Å². The van der Waals surface area contributed by atoms with E-state index in [1.165, 1.54) is 12.1 Å². The number of benzene rings is 2. The van der Waals surface area contributed by atoms with Crippen molar-refractivity contribution in [2.45, 2.75) is 6.92 Å². The summed E-state index contributed by atoms with van der Waals surface area (Å²) in [6.07, 6.45) is 1.65. The molecule has 0 unspecified atom stereocenters. The Labute approximate surface area is 121 Å². The Kier molecular flexibility index (Phi) is 3.31. The van der Waals surface area contributed by atoms with E-state index in [-0.39, 0.29) is 5.56 Å². The van der Waals surface area contributed by atoms with Gasteiger partial charge >= 0.3 is 0 Å². The van der Waals surface area contributed by atoms with E-state index in [4.69, 9.17) is 4.74 Å². The molecule has 21 heavy (non-hydrogen) atoms. The largest absolute Gasteiger partial charge is 0.545 e. The molecule has 2 aromatic carbocycles. The SMILES string of the molecule is CCOc1ccccc1-n1cnc2cc(C(=O)[O-])ccc21. The highest BCUT2D eigenvalue weighted by Gasteiger charge is 2.10. The third kappa shape index (κ3) is 2.33. The van der Waals surface area contributed by atoms with E-state index < -0.39 is 5.97 Å². The monoisotopic (exact) mass is 281 g/mol. The first kappa shape index (κ1) is 13.2. The molecule has 0 saturated carbocycles. The quantitative estimate of drug-likeness (QED) is 0.731. The third-order valence-electron chi connectivity index (χ3n) is 3.21.